The second kappa shape index (κ2) is 8.27. The van der Waals surface area contributed by atoms with Gasteiger partial charge in [0.2, 0.25) is 0 Å². The minimum absolute atomic E-state index is 0.144. The van der Waals surface area contributed by atoms with Crippen LogP contribution < -0.4 is 10.1 Å². The smallest absolute Gasteiger partial charge is 0.269 e. The van der Waals surface area contributed by atoms with Crippen molar-refractivity contribution in [3.05, 3.63) is 59.4 Å². The van der Waals surface area contributed by atoms with Gasteiger partial charge in [0, 0.05) is 17.8 Å². The Hall–Kier alpha value is -2.07. The zero-order valence-electron chi connectivity index (χ0n) is 11.6. The number of hydrogen-bond donors (Lipinski definition) is 1. The summed E-state index contributed by atoms with van der Waals surface area (Å²) in [5, 5.41) is 3.52. The summed E-state index contributed by atoms with van der Waals surface area (Å²) < 4.78 is 5.57. The largest absolute Gasteiger partial charge is 0.494 e. The van der Waals surface area contributed by atoms with Crippen molar-refractivity contribution in [1.29, 1.82) is 0 Å². The third-order valence-corrected chi connectivity index (χ3v) is 3.09. The Labute approximate surface area is 129 Å². The Kier molecular flexibility index (Phi) is 6.03. The molecule has 0 aliphatic carbocycles. The number of halogens is 1. The number of amides is 1. The molecule has 0 unspecified atom stereocenters. The summed E-state index contributed by atoms with van der Waals surface area (Å²) in [6.45, 7) is 1.22. The fraction of sp³-hybridized carbons (Fsp3) is 0.250. The first-order chi connectivity index (χ1) is 10.3. The summed E-state index contributed by atoms with van der Waals surface area (Å²) in [4.78, 5) is 15.7. The molecule has 0 atom stereocenters. The monoisotopic (exact) mass is 304 g/mol. The summed E-state index contributed by atoms with van der Waals surface area (Å²) in [5.41, 5.74) is 0.440. The molecule has 1 aromatic heterocycles. The number of aromatic nitrogens is 1. The van der Waals surface area contributed by atoms with E-state index in [1.807, 2.05) is 12.1 Å². The number of carbonyl (C=O) groups excluding carboxylic acids is 1. The number of pyridine rings is 1. The molecule has 0 fully saturated rings. The first kappa shape index (κ1) is 15.3. The summed E-state index contributed by atoms with van der Waals surface area (Å²) in [5.74, 6) is 0.658. The van der Waals surface area contributed by atoms with Crippen LogP contribution in [0.1, 0.15) is 23.3 Å². The van der Waals surface area contributed by atoms with E-state index in [0.717, 1.165) is 18.6 Å². The van der Waals surface area contributed by atoms with Crippen molar-refractivity contribution < 1.29 is 9.53 Å². The second-order valence-corrected chi connectivity index (χ2v) is 4.92. The van der Waals surface area contributed by atoms with Crippen LogP contribution in [0.15, 0.2) is 48.7 Å². The quantitative estimate of drug-likeness (QED) is 0.798. The van der Waals surface area contributed by atoms with E-state index in [-0.39, 0.29) is 5.91 Å². The van der Waals surface area contributed by atoms with E-state index in [4.69, 9.17) is 16.3 Å². The van der Waals surface area contributed by atoms with Gasteiger partial charge in [-0.1, -0.05) is 17.7 Å². The number of nitrogens with one attached hydrogen (secondary N) is 1. The van der Waals surface area contributed by atoms with E-state index < -0.39 is 0 Å². The van der Waals surface area contributed by atoms with Crippen LogP contribution in [0, 0.1) is 0 Å². The third kappa shape index (κ3) is 5.44. The van der Waals surface area contributed by atoms with Gasteiger partial charge in [0.1, 0.15) is 11.4 Å². The lowest BCUT2D eigenvalue weighted by Gasteiger charge is -2.07. The Balaban J connectivity index is 1.58. The molecule has 2 rings (SSSR count). The highest BCUT2D eigenvalue weighted by atomic mass is 35.5. The van der Waals surface area contributed by atoms with Gasteiger partial charge in [0.05, 0.1) is 6.61 Å². The van der Waals surface area contributed by atoms with Gasteiger partial charge >= 0.3 is 0 Å². The van der Waals surface area contributed by atoms with Crippen molar-refractivity contribution in [2.24, 2.45) is 0 Å². The summed E-state index contributed by atoms with van der Waals surface area (Å²) in [6, 6.07) is 12.5. The molecule has 1 heterocycles. The molecule has 4 nitrogen and oxygen atoms in total. The molecule has 5 heteroatoms. The van der Waals surface area contributed by atoms with E-state index in [1.165, 1.54) is 0 Å². The average molecular weight is 305 g/mol. The van der Waals surface area contributed by atoms with Crippen LogP contribution >= 0.6 is 11.6 Å². The van der Waals surface area contributed by atoms with Gasteiger partial charge in [-0.25, -0.2) is 0 Å². The molecule has 2 aromatic rings. The number of ether oxygens (including phenoxy) is 1. The predicted octanol–water partition coefficient (Wildman–Crippen LogP) is 3.32. The number of benzene rings is 1. The molecule has 1 amide bonds. The van der Waals surface area contributed by atoms with Gasteiger partial charge in [0.15, 0.2) is 0 Å². The van der Waals surface area contributed by atoms with Crippen molar-refractivity contribution in [2.75, 3.05) is 13.2 Å². The predicted molar refractivity (Wildman–Crippen MR) is 82.8 cm³/mol. The first-order valence-electron chi connectivity index (χ1n) is 6.83. The lowest BCUT2D eigenvalue weighted by atomic mass is 10.3. The van der Waals surface area contributed by atoms with Crippen LogP contribution in [-0.4, -0.2) is 24.0 Å². The Morgan fingerprint density at radius 3 is 2.67 bits per heavy atom. The maximum atomic E-state index is 11.7. The van der Waals surface area contributed by atoms with E-state index >= 15 is 0 Å². The molecular formula is C16H17ClN2O2. The summed E-state index contributed by atoms with van der Waals surface area (Å²) in [7, 11) is 0. The standard InChI is InChI=1S/C16H17ClN2O2/c17-13-6-8-14(9-7-13)21-12-4-3-11-19-16(20)15-5-1-2-10-18-15/h1-2,5-10H,3-4,11-12H2,(H,19,20). The molecule has 0 bridgehead atoms. The molecule has 1 aromatic carbocycles. The normalized spacial score (nSPS) is 10.1. The molecule has 0 spiro atoms. The third-order valence-electron chi connectivity index (χ3n) is 2.84. The first-order valence-corrected chi connectivity index (χ1v) is 7.21. The summed E-state index contributed by atoms with van der Waals surface area (Å²) >= 11 is 5.79. The zero-order chi connectivity index (χ0) is 14.9. The Bertz CT molecular complexity index is 558. The fourth-order valence-corrected chi connectivity index (χ4v) is 1.86. The van der Waals surface area contributed by atoms with Gasteiger partial charge in [0.25, 0.3) is 5.91 Å². The number of nitrogens with zero attached hydrogens (tertiary/aromatic N) is 1. The van der Waals surface area contributed by atoms with Crippen molar-refractivity contribution in [1.82, 2.24) is 10.3 Å². The number of rotatable bonds is 7. The highest BCUT2D eigenvalue weighted by Crippen LogP contribution is 2.15. The van der Waals surface area contributed by atoms with Crippen molar-refractivity contribution >= 4 is 17.5 Å². The molecule has 21 heavy (non-hydrogen) atoms. The molecule has 110 valence electrons. The van der Waals surface area contributed by atoms with E-state index in [9.17, 15) is 4.79 Å². The number of carbonyl (C=O) groups is 1. The minimum Gasteiger partial charge on any atom is -0.494 e. The number of unbranched alkanes of at least 4 members (excludes halogenated alkanes) is 1. The Morgan fingerprint density at radius 2 is 1.95 bits per heavy atom. The van der Waals surface area contributed by atoms with Crippen LogP contribution in [0.25, 0.3) is 0 Å². The van der Waals surface area contributed by atoms with E-state index in [1.54, 1.807) is 36.5 Å². The molecule has 0 aliphatic heterocycles. The van der Waals surface area contributed by atoms with Crippen molar-refractivity contribution in [3.63, 3.8) is 0 Å². The molecular weight excluding hydrogens is 288 g/mol. The fourth-order valence-electron chi connectivity index (χ4n) is 1.74. The average Bonchev–Trinajstić information content (AvgIpc) is 2.53. The minimum atomic E-state index is -0.144. The van der Waals surface area contributed by atoms with E-state index in [2.05, 4.69) is 10.3 Å². The van der Waals surface area contributed by atoms with Gasteiger partial charge in [-0.05, 0) is 49.2 Å². The maximum absolute atomic E-state index is 11.7. The molecule has 0 aliphatic rings. The topological polar surface area (TPSA) is 51.2 Å². The molecule has 0 radical (unpaired) electrons. The SMILES string of the molecule is O=C(NCCCCOc1ccc(Cl)cc1)c1ccccn1. The zero-order valence-corrected chi connectivity index (χ0v) is 12.3. The van der Waals surface area contributed by atoms with Crippen LogP contribution in [0.2, 0.25) is 5.02 Å². The van der Waals surface area contributed by atoms with Crippen LogP contribution in [0.4, 0.5) is 0 Å². The van der Waals surface area contributed by atoms with E-state index in [0.29, 0.717) is 23.9 Å². The van der Waals surface area contributed by atoms with Gasteiger partial charge in [-0.15, -0.1) is 0 Å². The van der Waals surface area contributed by atoms with Crippen LogP contribution in [0.5, 0.6) is 5.75 Å². The second-order valence-electron chi connectivity index (χ2n) is 4.48. The lowest BCUT2D eigenvalue weighted by molar-refractivity contribution is 0.0947. The maximum Gasteiger partial charge on any atom is 0.269 e. The molecule has 0 saturated heterocycles. The summed E-state index contributed by atoms with van der Waals surface area (Å²) in [6.07, 6.45) is 3.33. The Morgan fingerprint density at radius 1 is 1.14 bits per heavy atom. The molecule has 1 N–H and O–H groups in total. The van der Waals surface area contributed by atoms with Gasteiger partial charge in [-0.2, -0.15) is 0 Å². The highest BCUT2D eigenvalue weighted by molar-refractivity contribution is 6.30. The van der Waals surface area contributed by atoms with Crippen molar-refractivity contribution in [3.8, 4) is 5.75 Å². The van der Waals surface area contributed by atoms with Gasteiger partial charge in [-0.3, -0.25) is 9.78 Å². The molecule has 0 saturated carbocycles. The van der Waals surface area contributed by atoms with Gasteiger partial charge < -0.3 is 10.1 Å². The van der Waals surface area contributed by atoms with Crippen LogP contribution in [-0.2, 0) is 0 Å². The van der Waals surface area contributed by atoms with Crippen LogP contribution in [0.3, 0.4) is 0 Å². The lowest BCUT2D eigenvalue weighted by Crippen LogP contribution is -2.25. The highest BCUT2D eigenvalue weighted by Gasteiger charge is 2.04. The van der Waals surface area contributed by atoms with Crippen molar-refractivity contribution in [2.45, 2.75) is 12.8 Å². The number of hydrogen-bond acceptors (Lipinski definition) is 3.